The molecule has 1 aliphatic heterocycles. The monoisotopic (exact) mass is 519 g/mol. The van der Waals surface area contributed by atoms with Crippen molar-refractivity contribution in [1.29, 1.82) is 10.7 Å². The van der Waals surface area contributed by atoms with Crippen molar-refractivity contribution < 1.29 is 4.39 Å². The molecule has 0 aliphatic carbocycles. The smallest absolute Gasteiger partial charge is 0.141 e. The van der Waals surface area contributed by atoms with Crippen molar-refractivity contribution in [2.45, 2.75) is 0 Å². The molecule has 0 amide bonds. The Bertz CT molecular complexity index is 1610. The van der Waals surface area contributed by atoms with Crippen LogP contribution in [0, 0.1) is 34.4 Å². The quantitative estimate of drug-likeness (QED) is 0.297. The Hall–Kier alpha value is -5.06. The predicted octanol–water partition coefficient (Wildman–Crippen LogP) is 3.19. The molecule has 5 heterocycles. The molecule has 194 valence electrons. The molecule has 5 rings (SSSR count). The molecule has 39 heavy (non-hydrogen) atoms. The van der Waals surface area contributed by atoms with Gasteiger partial charge in [-0.3, -0.25) is 4.90 Å². The molecule has 0 aromatic carbocycles. The predicted molar refractivity (Wildman–Crippen MR) is 149 cm³/mol. The standard InChI is InChI=1S/C29H26FN9/c1-33-16-23(14-31)22-13-27(29-24(15-32)18-36-39(29)20-22)21-4-7-28(35-17-21)38-11-9-37(10-12-38)8-2-3-26-6-5-25(30)19-34-26/h4-7,13-14,16-20,31,33H,8-12H2,1H3/b23-16+,31-14?. The minimum atomic E-state index is -0.368. The summed E-state index contributed by atoms with van der Waals surface area (Å²) in [6.07, 6.45) is 9.39. The first-order chi connectivity index (χ1) is 19.1. The van der Waals surface area contributed by atoms with Crippen molar-refractivity contribution >= 4 is 23.1 Å². The van der Waals surface area contributed by atoms with Gasteiger partial charge in [-0.2, -0.15) is 10.4 Å². The lowest BCUT2D eigenvalue weighted by Crippen LogP contribution is -2.46. The van der Waals surface area contributed by atoms with E-state index < -0.39 is 0 Å². The van der Waals surface area contributed by atoms with Crippen LogP contribution in [0.3, 0.4) is 0 Å². The van der Waals surface area contributed by atoms with Crippen molar-refractivity contribution in [1.82, 2.24) is 29.8 Å². The molecule has 0 spiro atoms. The molecular weight excluding hydrogens is 493 g/mol. The number of pyridine rings is 3. The molecule has 0 bridgehead atoms. The maximum absolute atomic E-state index is 13.0. The van der Waals surface area contributed by atoms with Crippen LogP contribution in [0.2, 0.25) is 0 Å². The molecule has 0 unspecified atom stereocenters. The van der Waals surface area contributed by atoms with E-state index in [9.17, 15) is 9.65 Å². The Balaban J connectivity index is 1.31. The van der Waals surface area contributed by atoms with Crippen LogP contribution in [-0.2, 0) is 0 Å². The van der Waals surface area contributed by atoms with Gasteiger partial charge in [0.2, 0.25) is 0 Å². The summed E-state index contributed by atoms with van der Waals surface area (Å²) < 4.78 is 14.7. The second-order valence-corrected chi connectivity index (χ2v) is 8.97. The van der Waals surface area contributed by atoms with Gasteiger partial charge < -0.3 is 15.6 Å². The fourth-order valence-corrected chi connectivity index (χ4v) is 4.50. The van der Waals surface area contributed by atoms with Crippen LogP contribution in [0.15, 0.2) is 61.3 Å². The lowest BCUT2D eigenvalue weighted by Gasteiger charge is -2.34. The fraction of sp³-hybridized carbons (Fsp3) is 0.207. The second-order valence-electron chi connectivity index (χ2n) is 8.97. The van der Waals surface area contributed by atoms with Gasteiger partial charge in [0, 0.05) is 80.3 Å². The first-order valence-electron chi connectivity index (χ1n) is 12.4. The molecule has 0 radical (unpaired) electrons. The van der Waals surface area contributed by atoms with E-state index in [1.165, 1.54) is 18.5 Å². The summed E-state index contributed by atoms with van der Waals surface area (Å²) in [6, 6.07) is 11.1. The van der Waals surface area contributed by atoms with Crippen LogP contribution < -0.4 is 10.2 Å². The summed E-state index contributed by atoms with van der Waals surface area (Å²) in [5.41, 5.74) is 4.91. The number of piperazine rings is 1. The zero-order chi connectivity index (χ0) is 27.2. The van der Waals surface area contributed by atoms with Crippen LogP contribution >= 0.6 is 0 Å². The number of nitriles is 1. The molecule has 0 atom stereocenters. The fourth-order valence-electron chi connectivity index (χ4n) is 4.50. The topological polar surface area (TPSA) is 109 Å². The largest absolute Gasteiger partial charge is 0.393 e. The Morgan fingerprint density at radius 1 is 1.13 bits per heavy atom. The summed E-state index contributed by atoms with van der Waals surface area (Å²) >= 11 is 0. The number of hydrogen-bond donors (Lipinski definition) is 2. The molecule has 10 heteroatoms. The highest BCUT2D eigenvalue weighted by Gasteiger charge is 2.19. The zero-order valence-electron chi connectivity index (χ0n) is 21.4. The average Bonchev–Trinajstić information content (AvgIpc) is 3.40. The molecule has 0 saturated carbocycles. The number of rotatable bonds is 6. The number of fused-ring (bicyclic) bond motifs is 1. The SMILES string of the molecule is CN/C=C(\C=N)c1cc(-c2ccc(N3CCN(CC#Cc4ccc(F)cn4)CC3)nc2)c2c(C#N)cnn2c1. The van der Waals surface area contributed by atoms with Crippen molar-refractivity contribution in [2.75, 3.05) is 44.7 Å². The molecule has 1 aliphatic rings. The average molecular weight is 520 g/mol. The lowest BCUT2D eigenvalue weighted by atomic mass is 10.0. The van der Waals surface area contributed by atoms with Gasteiger partial charge in [-0.15, -0.1) is 0 Å². The van der Waals surface area contributed by atoms with Crippen LogP contribution in [0.4, 0.5) is 10.2 Å². The van der Waals surface area contributed by atoms with E-state index >= 15 is 0 Å². The number of aromatic nitrogens is 4. The third kappa shape index (κ3) is 5.61. The highest BCUT2D eigenvalue weighted by molar-refractivity contribution is 6.08. The normalized spacial score (nSPS) is 14.0. The summed E-state index contributed by atoms with van der Waals surface area (Å²) in [4.78, 5) is 13.2. The molecule has 4 aromatic rings. The minimum Gasteiger partial charge on any atom is -0.393 e. The molecule has 4 aromatic heterocycles. The molecule has 1 saturated heterocycles. The number of allylic oxidation sites excluding steroid dienone is 1. The van der Waals surface area contributed by atoms with Gasteiger partial charge >= 0.3 is 0 Å². The number of hydrogen-bond acceptors (Lipinski definition) is 8. The first kappa shape index (κ1) is 25.6. The third-order valence-electron chi connectivity index (χ3n) is 6.52. The van der Waals surface area contributed by atoms with Crippen LogP contribution in [0.25, 0.3) is 22.2 Å². The van der Waals surface area contributed by atoms with Gasteiger partial charge in [0.25, 0.3) is 0 Å². The van der Waals surface area contributed by atoms with Crippen LogP contribution in [-0.4, -0.2) is 70.5 Å². The van der Waals surface area contributed by atoms with Crippen LogP contribution in [0.1, 0.15) is 16.8 Å². The van der Waals surface area contributed by atoms with E-state index in [-0.39, 0.29) is 5.82 Å². The summed E-state index contributed by atoms with van der Waals surface area (Å²) in [6.45, 7) is 3.97. The number of nitrogens with one attached hydrogen (secondary N) is 2. The molecular formula is C29H26FN9. The van der Waals surface area contributed by atoms with E-state index in [0.29, 0.717) is 28.9 Å². The van der Waals surface area contributed by atoms with E-state index in [1.807, 2.05) is 30.6 Å². The van der Waals surface area contributed by atoms with Gasteiger partial charge in [-0.25, -0.2) is 18.9 Å². The van der Waals surface area contributed by atoms with Crippen molar-refractivity contribution in [3.05, 3.63) is 84.0 Å². The van der Waals surface area contributed by atoms with Crippen molar-refractivity contribution in [3.8, 4) is 29.0 Å². The van der Waals surface area contributed by atoms with E-state index in [0.717, 1.165) is 48.7 Å². The summed E-state index contributed by atoms with van der Waals surface area (Å²) in [7, 11) is 1.78. The van der Waals surface area contributed by atoms with Crippen molar-refractivity contribution in [3.63, 3.8) is 0 Å². The Morgan fingerprint density at radius 3 is 2.64 bits per heavy atom. The van der Waals surface area contributed by atoms with E-state index in [1.54, 1.807) is 30.0 Å². The first-order valence-corrected chi connectivity index (χ1v) is 12.4. The van der Waals surface area contributed by atoms with Gasteiger partial charge in [0.1, 0.15) is 23.4 Å². The Morgan fingerprint density at radius 2 is 1.97 bits per heavy atom. The summed E-state index contributed by atoms with van der Waals surface area (Å²) in [5.74, 6) is 6.62. The molecule has 1 fully saturated rings. The second kappa shape index (κ2) is 11.5. The number of anilines is 1. The minimum absolute atomic E-state index is 0.368. The maximum Gasteiger partial charge on any atom is 0.141 e. The number of halogens is 1. The maximum atomic E-state index is 13.0. The highest BCUT2D eigenvalue weighted by atomic mass is 19.1. The van der Waals surface area contributed by atoms with Crippen LogP contribution in [0.5, 0.6) is 0 Å². The Labute approximate surface area is 225 Å². The number of nitrogens with zero attached hydrogens (tertiary/aromatic N) is 7. The van der Waals surface area contributed by atoms with Gasteiger partial charge in [0.15, 0.2) is 0 Å². The third-order valence-corrected chi connectivity index (χ3v) is 6.52. The van der Waals surface area contributed by atoms with Crippen molar-refractivity contribution in [2.24, 2.45) is 0 Å². The van der Waals surface area contributed by atoms with E-state index in [2.05, 4.69) is 43.1 Å². The van der Waals surface area contributed by atoms with E-state index in [4.69, 9.17) is 10.4 Å². The van der Waals surface area contributed by atoms with Gasteiger partial charge in [-0.1, -0.05) is 5.92 Å². The zero-order valence-corrected chi connectivity index (χ0v) is 21.4. The molecule has 9 nitrogen and oxygen atoms in total. The van der Waals surface area contributed by atoms with Gasteiger partial charge in [0.05, 0.1) is 30.0 Å². The molecule has 2 N–H and O–H groups in total. The summed E-state index contributed by atoms with van der Waals surface area (Å²) in [5, 5.41) is 24.8. The van der Waals surface area contributed by atoms with Gasteiger partial charge in [-0.05, 0) is 36.3 Å². The highest BCUT2D eigenvalue weighted by Crippen LogP contribution is 2.30. The Kier molecular flexibility index (Phi) is 7.58. The lowest BCUT2D eigenvalue weighted by molar-refractivity contribution is 0.287.